The van der Waals surface area contributed by atoms with Gasteiger partial charge in [-0.3, -0.25) is 4.68 Å². The Morgan fingerprint density at radius 1 is 1.62 bits per heavy atom. The summed E-state index contributed by atoms with van der Waals surface area (Å²) in [5.41, 5.74) is 0.930. The molecule has 90 valence electrons. The average Bonchev–Trinajstić information content (AvgIpc) is 2.63. The zero-order valence-corrected chi connectivity index (χ0v) is 10.2. The quantitative estimate of drug-likeness (QED) is 0.854. The third kappa shape index (κ3) is 2.22. The van der Waals surface area contributed by atoms with Crippen LogP contribution in [0.15, 0.2) is 6.20 Å². The van der Waals surface area contributed by atoms with Crippen molar-refractivity contribution in [3.8, 4) is 0 Å². The molecule has 0 spiro atoms. The first-order valence-corrected chi connectivity index (χ1v) is 5.66. The molecular weight excluding hydrogens is 230 g/mol. The number of nitrogens with zero attached hydrogens (tertiary/aromatic N) is 2. The molecule has 1 saturated heterocycles. The molecule has 0 amide bonds. The summed E-state index contributed by atoms with van der Waals surface area (Å²) in [4.78, 5) is 0. The van der Waals surface area contributed by atoms with Crippen LogP contribution in [0.5, 0.6) is 0 Å². The van der Waals surface area contributed by atoms with Gasteiger partial charge in [-0.25, -0.2) is 0 Å². The predicted molar refractivity (Wildman–Crippen MR) is 60.6 cm³/mol. The molecule has 0 aromatic carbocycles. The fourth-order valence-corrected chi connectivity index (χ4v) is 2.25. The number of rotatable bonds is 3. The first-order chi connectivity index (χ1) is 7.74. The van der Waals surface area contributed by atoms with Crippen molar-refractivity contribution >= 4 is 11.6 Å². The second-order valence-electron chi connectivity index (χ2n) is 3.75. The van der Waals surface area contributed by atoms with E-state index in [1.807, 2.05) is 14.1 Å². The molecule has 2 unspecified atom stereocenters. The molecule has 1 aromatic heterocycles. The van der Waals surface area contributed by atoms with Gasteiger partial charge in [0.2, 0.25) is 0 Å². The van der Waals surface area contributed by atoms with E-state index in [0.717, 1.165) is 5.69 Å². The molecular formula is C10H16ClN3O2. The maximum absolute atomic E-state index is 6.12. The summed E-state index contributed by atoms with van der Waals surface area (Å²) in [5, 5.41) is 7.98. The van der Waals surface area contributed by atoms with Gasteiger partial charge < -0.3 is 14.8 Å². The van der Waals surface area contributed by atoms with E-state index in [-0.39, 0.29) is 12.1 Å². The molecule has 0 saturated carbocycles. The SMILES string of the molecule is CNC(c1c(Cl)cnn1C)C1COCCO1. The van der Waals surface area contributed by atoms with Crippen LogP contribution < -0.4 is 5.32 Å². The number of ether oxygens (including phenoxy) is 2. The van der Waals surface area contributed by atoms with Gasteiger partial charge in [0.25, 0.3) is 0 Å². The number of likely N-dealkylation sites (N-methyl/N-ethyl adjacent to an activating group) is 1. The van der Waals surface area contributed by atoms with E-state index in [2.05, 4.69) is 10.4 Å². The lowest BCUT2D eigenvalue weighted by molar-refractivity contribution is -0.102. The zero-order valence-electron chi connectivity index (χ0n) is 9.44. The van der Waals surface area contributed by atoms with Crippen LogP contribution in [0, 0.1) is 0 Å². The number of halogens is 1. The van der Waals surface area contributed by atoms with Gasteiger partial charge in [-0.15, -0.1) is 0 Å². The van der Waals surface area contributed by atoms with Crippen LogP contribution in [0.1, 0.15) is 11.7 Å². The van der Waals surface area contributed by atoms with Crippen LogP contribution in [-0.4, -0.2) is 42.8 Å². The molecule has 5 nitrogen and oxygen atoms in total. The fraction of sp³-hybridized carbons (Fsp3) is 0.700. The number of aromatic nitrogens is 2. The minimum absolute atomic E-state index is 0.000278. The topological polar surface area (TPSA) is 48.3 Å². The van der Waals surface area contributed by atoms with Crippen molar-refractivity contribution in [2.75, 3.05) is 26.9 Å². The minimum atomic E-state index is -0.0216. The summed E-state index contributed by atoms with van der Waals surface area (Å²) >= 11 is 6.12. The molecule has 0 radical (unpaired) electrons. The molecule has 1 aliphatic heterocycles. The van der Waals surface area contributed by atoms with Crippen LogP contribution in [0.4, 0.5) is 0 Å². The van der Waals surface area contributed by atoms with Crippen molar-refractivity contribution in [1.82, 2.24) is 15.1 Å². The van der Waals surface area contributed by atoms with Gasteiger partial charge in [0, 0.05) is 7.05 Å². The lowest BCUT2D eigenvalue weighted by atomic mass is 10.1. The molecule has 1 fully saturated rings. The molecule has 1 N–H and O–H groups in total. The predicted octanol–water partition coefficient (Wildman–Crippen LogP) is 0.749. The molecule has 2 heterocycles. The lowest BCUT2D eigenvalue weighted by Crippen LogP contribution is -2.40. The molecule has 0 aliphatic carbocycles. The zero-order chi connectivity index (χ0) is 11.5. The maximum Gasteiger partial charge on any atom is 0.102 e. The lowest BCUT2D eigenvalue weighted by Gasteiger charge is -2.30. The number of hydrogen-bond donors (Lipinski definition) is 1. The Bertz CT molecular complexity index is 330. The second kappa shape index (κ2) is 5.14. The highest BCUT2D eigenvalue weighted by molar-refractivity contribution is 6.31. The van der Waals surface area contributed by atoms with Crippen LogP contribution in [-0.2, 0) is 16.5 Å². The van der Waals surface area contributed by atoms with Crippen LogP contribution >= 0.6 is 11.6 Å². The third-order valence-electron chi connectivity index (χ3n) is 2.76. The second-order valence-corrected chi connectivity index (χ2v) is 4.16. The Morgan fingerprint density at radius 2 is 2.44 bits per heavy atom. The van der Waals surface area contributed by atoms with Crippen molar-refractivity contribution in [2.45, 2.75) is 12.1 Å². The Morgan fingerprint density at radius 3 is 2.94 bits per heavy atom. The first kappa shape index (κ1) is 11.9. The molecule has 2 rings (SSSR count). The van der Waals surface area contributed by atoms with E-state index >= 15 is 0 Å². The summed E-state index contributed by atoms with van der Waals surface area (Å²) in [6.07, 6.45) is 1.62. The third-order valence-corrected chi connectivity index (χ3v) is 3.05. The van der Waals surface area contributed by atoms with Gasteiger partial charge in [0.15, 0.2) is 0 Å². The van der Waals surface area contributed by atoms with Crippen molar-refractivity contribution < 1.29 is 9.47 Å². The van der Waals surface area contributed by atoms with E-state index in [1.54, 1.807) is 10.9 Å². The van der Waals surface area contributed by atoms with Crippen molar-refractivity contribution in [2.24, 2.45) is 7.05 Å². The summed E-state index contributed by atoms with van der Waals surface area (Å²) < 4.78 is 12.8. The monoisotopic (exact) mass is 245 g/mol. The van der Waals surface area contributed by atoms with Gasteiger partial charge in [0.1, 0.15) is 6.10 Å². The van der Waals surface area contributed by atoms with Crippen molar-refractivity contribution in [1.29, 1.82) is 0 Å². The largest absolute Gasteiger partial charge is 0.376 e. The van der Waals surface area contributed by atoms with E-state index in [4.69, 9.17) is 21.1 Å². The Kier molecular flexibility index (Phi) is 3.81. The standard InChI is InChI=1S/C10H16ClN3O2/c1-12-9(8-6-15-3-4-16-8)10-7(11)5-13-14(10)2/h5,8-9,12H,3-4,6H2,1-2H3. The maximum atomic E-state index is 6.12. The highest BCUT2D eigenvalue weighted by Gasteiger charge is 2.29. The minimum Gasteiger partial charge on any atom is -0.376 e. The van der Waals surface area contributed by atoms with Gasteiger partial charge in [-0.2, -0.15) is 5.10 Å². The molecule has 1 aromatic rings. The number of nitrogens with one attached hydrogen (secondary N) is 1. The van der Waals surface area contributed by atoms with E-state index in [0.29, 0.717) is 24.8 Å². The average molecular weight is 246 g/mol. The normalized spacial score (nSPS) is 23.3. The highest BCUT2D eigenvalue weighted by atomic mass is 35.5. The van der Waals surface area contributed by atoms with Crippen molar-refractivity contribution in [3.63, 3.8) is 0 Å². The van der Waals surface area contributed by atoms with Gasteiger partial charge >= 0.3 is 0 Å². The molecule has 6 heteroatoms. The smallest absolute Gasteiger partial charge is 0.102 e. The molecule has 0 bridgehead atoms. The van der Waals surface area contributed by atoms with E-state index in [1.165, 1.54) is 0 Å². The Labute approximate surface area is 99.7 Å². The molecule has 1 aliphatic rings. The number of hydrogen-bond acceptors (Lipinski definition) is 4. The van der Waals surface area contributed by atoms with Gasteiger partial charge in [-0.1, -0.05) is 11.6 Å². The van der Waals surface area contributed by atoms with Crippen LogP contribution in [0.2, 0.25) is 5.02 Å². The summed E-state index contributed by atoms with van der Waals surface area (Å²) in [5.74, 6) is 0. The van der Waals surface area contributed by atoms with Gasteiger partial charge in [0.05, 0.1) is 42.8 Å². The van der Waals surface area contributed by atoms with Crippen LogP contribution in [0.25, 0.3) is 0 Å². The van der Waals surface area contributed by atoms with E-state index in [9.17, 15) is 0 Å². The Balaban J connectivity index is 2.21. The molecule has 2 atom stereocenters. The fourth-order valence-electron chi connectivity index (χ4n) is 1.97. The highest BCUT2D eigenvalue weighted by Crippen LogP contribution is 2.26. The Hall–Kier alpha value is -0.620. The van der Waals surface area contributed by atoms with Crippen LogP contribution in [0.3, 0.4) is 0 Å². The van der Waals surface area contributed by atoms with Crippen molar-refractivity contribution in [3.05, 3.63) is 16.9 Å². The van der Waals surface area contributed by atoms with E-state index < -0.39 is 0 Å². The summed E-state index contributed by atoms with van der Waals surface area (Å²) in [7, 11) is 3.75. The first-order valence-electron chi connectivity index (χ1n) is 5.28. The molecule has 16 heavy (non-hydrogen) atoms. The van der Waals surface area contributed by atoms with Gasteiger partial charge in [-0.05, 0) is 7.05 Å². The number of aryl methyl sites for hydroxylation is 1. The summed E-state index contributed by atoms with van der Waals surface area (Å²) in [6, 6.07) is 0.000278. The summed E-state index contributed by atoms with van der Waals surface area (Å²) in [6.45, 7) is 1.86.